The van der Waals surface area contributed by atoms with Gasteiger partial charge in [0.05, 0.1) is 29.4 Å². The standard InChI is InChI=1S/C21H16N2O2.ClH/c1-25-21(24)14-10-12-15(13-11-14)22-20-16-6-2-4-8-18(16)23-19-9-5-3-7-17(19)20;/h2-13H,1H3,(H,22,23);1H. The number of anilines is 2. The van der Waals surface area contributed by atoms with Crippen LogP contribution >= 0.6 is 12.4 Å². The Kier molecular flexibility index (Phi) is 5.05. The Morgan fingerprint density at radius 3 is 1.92 bits per heavy atom. The summed E-state index contributed by atoms with van der Waals surface area (Å²) >= 11 is 0. The molecule has 5 heteroatoms. The normalized spacial score (nSPS) is 10.3. The smallest absolute Gasteiger partial charge is 0.337 e. The van der Waals surface area contributed by atoms with E-state index in [2.05, 4.69) is 17.4 Å². The van der Waals surface area contributed by atoms with Crippen LogP contribution in [0.1, 0.15) is 10.4 Å². The molecule has 0 spiro atoms. The van der Waals surface area contributed by atoms with E-state index in [0.29, 0.717) is 5.56 Å². The maximum atomic E-state index is 11.6. The fraction of sp³-hybridized carbons (Fsp3) is 0.0476. The molecule has 1 aromatic heterocycles. The molecule has 0 atom stereocenters. The van der Waals surface area contributed by atoms with Crippen LogP contribution in [-0.2, 0) is 4.74 Å². The van der Waals surface area contributed by atoms with E-state index in [0.717, 1.165) is 33.2 Å². The number of hydrogen-bond acceptors (Lipinski definition) is 4. The molecule has 0 aliphatic heterocycles. The second kappa shape index (κ2) is 7.42. The summed E-state index contributed by atoms with van der Waals surface area (Å²) in [7, 11) is 1.38. The Labute approximate surface area is 157 Å². The third-order valence-electron chi connectivity index (χ3n) is 4.16. The summed E-state index contributed by atoms with van der Waals surface area (Å²) in [5.41, 5.74) is 4.31. The molecular formula is C21H17ClN2O2. The number of carbonyl (C=O) groups is 1. The lowest BCUT2D eigenvalue weighted by Crippen LogP contribution is -2.01. The monoisotopic (exact) mass is 364 g/mol. The lowest BCUT2D eigenvalue weighted by molar-refractivity contribution is 0.0601. The van der Waals surface area contributed by atoms with E-state index in [9.17, 15) is 4.79 Å². The number of rotatable bonds is 3. The lowest BCUT2D eigenvalue weighted by atomic mass is 10.1. The number of nitrogens with one attached hydrogen (secondary N) is 1. The van der Waals surface area contributed by atoms with Gasteiger partial charge in [-0.15, -0.1) is 12.4 Å². The highest BCUT2D eigenvalue weighted by Gasteiger charge is 2.10. The van der Waals surface area contributed by atoms with Crippen molar-refractivity contribution in [3.8, 4) is 0 Å². The molecule has 0 radical (unpaired) electrons. The van der Waals surface area contributed by atoms with Gasteiger partial charge in [0.15, 0.2) is 0 Å². The van der Waals surface area contributed by atoms with Gasteiger partial charge in [-0.3, -0.25) is 0 Å². The molecular weight excluding hydrogens is 348 g/mol. The van der Waals surface area contributed by atoms with Gasteiger partial charge in [0.2, 0.25) is 0 Å². The average molecular weight is 365 g/mol. The zero-order valence-electron chi connectivity index (χ0n) is 14.1. The van der Waals surface area contributed by atoms with Crippen LogP contribution in [0.5, 0.6) is 0 Å². The lowest BCUT2D eigenvalue weighted by Gasteiger charge is -2.13. The van der Waals surface area contributed by atoms with Crippen LogP contribution < -0.4 is 5.32 Å². The first-order valence-corrected chi connectivity index (χ1v) is 7.99. The summed E-state index contributed by atoms with van der Waals surface area (Å²) in [5, 5.41) is 5.59. The van der Waals surface area contributed by atoms with E-state index >= 15 is 0 Å². The van der Waals surface area contributed by atoms with E-state index in [4.69, 9.17) is 9.72 Å². The van der Waals surface area contributed by atoms with Crippen LogP contribution in [0.3, 0.4) is 0 Å². The first-order chi connectivity index (χ1) is 12.3. The minimum atomic E-state index is -0.341. The summed E-state index contributed by atoms with van der Waals surface area (Å²) in [6.07, 6.45) is 0. The number of esters is 1. The summed E-state index contributed by atoms with van der Waals surface area (Å²) in [6.45, 7) is 0. The zero-order chi connectivity index (χ0) is 17.2. The van der Waals surface area contributed by atoms with Crippen molar-refractivity contribution in [3.05, 3.63) is 78.4 Å². The van der Waals surface area contributed by atoms with Gasteiger partial charge < -0.3 is 10.1 Å². The minimum Gasteiger partial charge on any atom is -0.465 e. The second-order valence-corrected chi connectivity index (χ2v) is 5.72. The minimum absolute atomic E-state index is 0. The van der Waals surface area contributed by atoms with Crippen molar-refractivity contribution < 1.29 is 9.53 Å². The predicted octanol–water partition coefficient (Wildman–Crippen LogP) is 5.34. The van der Waals surface area contributed by atoms with Crippen molar-refractivity contribution in [2.24, 2.45) is 0 Å². The Hall–Kier alpha value is -3.11. The van der Waals surface area contributed by atoms with Gasteiger partial charge in [-0.05, 0) is 36.4 Å². The van der Waals surface area contributed by atoms with Crippen molar-refractivity contribution in [1.29, 1.82) is 0 Å². The fourth-order valence-electron chi connectivity index (χ4n) is 2.93. The van der Waals surface area contributed by atoms with Gasteiger partial charge in [0.25, 0.3) is 0 Å². The Morgan fingerprint density at radius 2 is 1.38 bits per heavy atom. The third-order valence-corrected chi connectivity index (χ3v) is 4.16. The summed E-state index contributed by atoms with van der Waals surface area (Å²) in [6, 6.07) is 23.3. The highest BCUT2D eigenvalue weighted by molar-refractivity contribution is 6.08. The number of benzene rings is 3. The van der Waals surface area contributed by atoms with Crippen LogP contribution in [0.25, 0.3) is 21.8 Å². The molecule has 4 aromatic rings. The second-order valence-electron chi connectivity index (χ2n) is 5.72. The van der Waals surface area contributed by atoms with Gasteiger partial charge >= 0.3 is 5.97 Å². The molecule has 0 bridgehead atoms. The number of aromatic nitrogens is 1. The molecule has 0 amide bonds. The number of fused-ring (bicyclic) bond motifs is 2. The van der Waals surface area contributed by atoms with Gasteiger partial charge in [-0.25, -0.2) is 9.78 Å². The number of para-hydroxylation sites is 2. The molecule has 0 saturated heterocycles. The van der Waals surface area contributed by atoms with Gasteiger partial charge in [-0.2, -0.15) is 0 Å². The number of nitrogens with zero attached hydrogens (tertiary/aromatic N) is 1. The van der Waals surface area contributed by atoms with Crippen molar-refractivity contribution in [2.45, 2.75) is 0 Å². The number of carbonyl (C=O) groups excluding carboxylic acids is 1. The summed E-state index contributed by atoms with van der Waals surface area (Å²) in [4.78, 5) is 16.3. The largest absolute Gasteiger partial charge is 0.465 e. The summed E-state index contributed by atoms with van der Waals surface area (Å²) in [5.74, 6) is -0.341. The van der Waals surface area contributed by atoms with Crippen LogP contribution in [0.4, 0.5) is 11.4 Å². The fourth-order valence-corrected chi connectivity index (χ4v) is 2.93. The molecule has 130 valence electrons. The van der Waals surface area contributed by atoms with Crippen LogP contribution in [0.15, 0.2) is 72.8 Å². The topological polar surface area (TPSA) is 51.2 Å². The van der Waals surface area contributed by atoms with Crippen molar-refractivity contribution >= 4 is 51.6 Å². The number of halogens is 1. The molecule has 0 fully saturated rings. The average Bonchev–Trinajstić information content (AvgIpc) is 2.67. The predicted molar refractivity (Wildman–Crippen MR) is 108 cm³/mol. The molecule has 0 aliphatic rings. The van der Waals surface area contributed by atoms with Gasteiger partial charge in [0, 0.05) is 16.5 Å². The number of methoxy groups -OCH3 is 1. The maximum Gasteiger partial charge on any atom is 0.337 e. The Balaban J connectivity index is 0.00000196. The molecule has 3 aromatic carbocycles. The van der Waals surface area contributed by atoms with Crippen molar-refractivity contribution in [3.63, 3.8) is 0 Å². The molecule has 1 N–H and O–H groups in total. The molecule has 4 rings (SSSR count). The van der Waals surface area contributed by atoms with E-state index in [1.165, 1.54) is 7.11 Å². The summed E-state index contributed by atoms with van der Waals surface area (Å²) < 4.78 is 4.74. The van der Waals surface area contributed by atoms with Crippen LogP contribution in [-0.4, -0.2) is 18.1 Å². The number of hydrogen-bond donors (Lipinski definition) is 1. The molecule has 0 saturated carbocycles. The third kappa shape index (κ3) is 3.19. The molecule has 26 heavy (non-hydrogen) atoms. The number of pyridine rings is 1. The van der Waals surface area contributed by atoms with Crippen molar-refractivity contribution in [1.82, 2.24) is 4.98 Å². The number of ether oxygens (including phenoxy) is 1. The SMILES string of the molecule is COC(=O)c1ccc(Nc2c3ccccc3nc3ccccc23)cc1.Cl. The van der Waals surface area contributed by atoms with E-state index < -0.39 is 0 Å². The molecule has 4 nitrogen and oxygen atoms in total. The van der Waals surface area contributed by atoms with E-state index in [1.807, 2.05) is 48.5 Å². The molecule has 1 heterocycles. The van der Waals surface area contributed by atoms with E-state index in [-0.39, 0.29) is 18.4 Å². The molecule has 0 aliphatic carbocycles. The Morgan fingerprint density at radius 1 is 0.846 bits per heavy atom. The maximum absolute atomic E-state index is 11.6. The highest BCUT2D eigenvalue weighted by atomic mass is 35.5. The zero-order valence-corrected chi connectivity index (χ0v) is 14.9. The van der Waals surface area contributed by atoms with E-state index in [1.54, 1.807) is 12.1 Å². The molecule has 0 unspecified atom stereocenters. The van der Waals surface area contributed by atoms with Crippen LogP contribution in [0, 0.1) is 0 Å². The van der Waals surface area contributed by atoms with Gasteiger partial charge in [-0.1, -0.05) is 36.4 Å². The van der Waals surface area contributed by atoms with Crippen molar-refractivity contribution in [2.75, 3.05) is 12.4 Å². The first kappa shape index (κ1) is 17.7. The first-order valence-electron chi connectivity index (χ1n) is 7.99. The van der Waals surface area contributed by atoms with Gasteiger partial charge in [0.1, 0.15) is 0 Å². The van der Waals surface area contributed by atoms with Crippen LogP contribution in [0.2, 0.25) is 0 Å². The Bertz CT molecular complexity index is 1020. The highest BCUT2D eigenvalue weighted by Crippen LogP contribution is 2.32. The quantitative estimate of drug-likeness (QED) is 0.394.